The summed E-state index contributed by atoms with van der Waals surface area (Å²) in [6.07, 6.45) is 0. The second-order valence-electron chi connectivity index (χ2n) is 3.89. The molecule has 0 aromatic heterocycles. The van der Waals surface area contributed by atoms with Crippen LogP contribution in [0.1, 0.15) is 11.1 Å². The first kappa shape index (κ1) is 13.7. The van der Waals surface area contributed by atoms with Gasteiger partial charge in [0.2, 0.25) is 0 Å². The van der Waals surface area contributed by atoms with Crippen LogP contribution in [0.5, 0.6) is 11.5 Å². The molecule has 0 unspecified atom stereocenters. The minimum atomic E-state index is 0.430. The topological polar surface area (TPSA) is 42.2 Å². The SMILES string of the molecule is COc1ccc(COc2ccc(I)cc2C#N)cc1. The number of methoxy groups -OCH3 is 1. The number of nitrogens with zero attached hydrogens (tertiary/aromatic N) is 1. The Morgan fingerprint density at radius 1 is 1.16 bits per heavy atom. The van der Waals surface area contributed by atoms with Gasteiger partial charge in [0.15, 0.2) is 0 Å². The summed E-state index contributed by atoms with van der Waals surface area (Å²) in [5, 5.41) is 9.06. The maximum Gasteiger partial charge on any atom is 0.137 e. The highest BCUT2D eigenvalue weighted by atomic mass is 127. The zero-order chi connectivity index (χ0) is 13.7. The molecule has 0 aliphatic heterocycles. The monoisotopic (exact) mass is 365 g/mol. The van der Waals surface area contributed by atoms with E-state index in [1.165, 1.54) is 0 Å². The van der Waals surface area contributed by atoms with Crippen LogP contribution in [-0.4, -0.2) is 7.11 Å². The highest BCUT2D eigenvalue weighted by molar-refractivity contribution is 14.1. The van der Waals surface area contributed by atoms with Crippen molar-refractivity contribution in [2.45, 2.75) is 6.61 Å². The molecule has 0 saturated heterocycles. The summed E-state index contributed by atoms with van der Waals surface area (Å²) in [7, 11) is 1.64. The molecule has 0 amide bonds. The Morgan fingerprint density at radius 2 is 1.89 bits per heavy atom. The van der Waals surface area contributed by atoms with Gasteiger partial charge in [-0.1, -0.05) is 12.1 Å². The molecule has 0 radical (unpaired) electrons. The fraction of sp³-hybridized carbons (Fsp3) is 0.133. The Hall–Kier alpha value is -1.74. The first-order valence-electron chi connectivity index (χ1n) is 5.68. The zero-order valence-electron chi connectivity index (χ0n) is 10.4. The van der Waals surface area contributed by atoms with Crippen LogP contribution in [0.15, 0.2) is 42.5 Å². The van der Waals surface area contributed by atoms with Crippen molar-refractivity contribution < 1.29 is 9.47 Å². The summed E-state index contributed by atoms with van der Waals surface area (Å²) in [5.74, 6) is 1.43. The predicted molar refractivity (Wildman–Crippen MR) is 81.2 cm³/mol. The molecule has 19 heavy (non-hydrogen) atoms. The molecule has 0 atom stereocenters. The van der Waals surface area contributed by atoms with Crippen LogP contribution in [0.25, 0.3) is 0 Å². The van der Waals surface area contributed by atoms with Gasteiger partial charge >= 0.3 is 0 Å². The second kappa shape index (κ2) is 6.43. The van der Waals surface area contributed by atoms with E-state index >= 15 is 0 Å². The van der Waals surface area contributed by atoms with Gasteiger partial charge in [-0.25, -0.2) is 0 Å². The van der Waals surface area contributed by atoms with Gasteiger partial charge in [-0.15, -0.1) is 0 Å². The lowest BCUT2D eigenvalue weighted by atomic mass is 10.2. The van der Waals surface area contributed by atoms with Gasteiger partial charge in [0.1, 0.15) is 24.2 Å². The van der Waals surface area contributed by atoms with E-state index in [1.807, 2.05) is 42.5 Å². The number of benzene rings is 2. The molecule has 3 nitrogen and oxygen atoms in total. The Kier molecular flexibility index (Phi) is 4.63. The summed E-state index contributed by atoms with van der Waals surface area (Å²) in [6, 6.07) is 15.4. The molecule has 0 N–H and O–H groups in total. The van der Waals surface area contributed by atoms with Crippen LogP contribution in [0.2, 0.25) is 0 Å². The van der Waals surface area contributed by atoms with Gasteiger partial charge in [0, 0.05) is 3.57 Å². The standard InChI is InChI=1S/C15H12INO2/c1-18-14-5-2-11(3-6-14)10-19-15-7-4-13(16)8-12(15)9-17/h2-8H,10H2,1H3. The summed E-state index contributed by atoms with van der Waals surface area (Å²) in [5.41, 5.74) is 1.59. The molecule has 2 rings (SSSR count). The molecule has 0 spiro atoms. The number of hydrogen-bond donors (Lipinski definition) is 0. The van der Waals surface area contributed by atoms with Gasteiger partial charge in [-0.05, 0) is 58.5 Å². The van der Waals surface area contributed by atoms with E-state index in [1.54, 1.807) is 7.11 Å². The third-order valence-electron chi connectivity index (χ3n) is 2.62. The third-order valence-corrected chi connectivity index (χ3v) is 3.29. The Labute approximate surface area is 125 Å². The van der Waals surface area contributed by atoms with Gasteiger partial charge in [0.05, 0.1) is 12.7 Å². The van der Waals surface area contributed by atoms with Crippen molar-refractivity contribution in [2.24, 2.45) is 0 Å². The average Bonchev–Trinajstić information content (AvgIpc) is 2.46. The number of halogens is 1. The summed E-state index contributed by atoms with van der Waals surface area (Å²) in [4.78, 5) is 0. The molecule has 0 saturated carbocycles. The highest BCUT2D eigenvalue weighted by Crippen LogP contribution is 2.22. The van der Waals surface area contributed by atoms with E-state index in [2.05, 4.69) is 28.7 Å². The van der Waals surface area contributed by atoms with Crippen molar-refractivity contribution in [1.82, 2.24) is 0 Å². The minimum Gasteiger partial charge on any atom is -0.497 e. The van der Waals surface area contributed by atoms with Crippen LogP contribution in [0, 0.1) is 14.9 Å². The zero-order valence-corrected chi connectivity index (χ0v) is 12.5. The van der Waals surface area contributed by atoms with Crippen molar-refractivity contribution >= 4 is 22.6 Å². The average molecular weight is 365 g/mol. The van der Waals surface area contributed by atoms with E-state index < -0.39 is 0 Å². The van der Waals surface area contributed by atoms with Crippen LogP contribution in [-0.2, 0) is 6.61 Å². The van der Waals surface area contributed by atoms with Crippen LogP contribution >= 0.6 is 22.6 Å². The van der Waals surface area contributed by atoms with E-state index in [4.69, 9.17) is 14.7 Å². The maximum atomic E-state index is 9.06. The first-order chi connectivity index (χ1) is 9.22. The lowest BCUT2D eigenvalue weighted by Gasteiger charge is -2.08. The van der Waals surface area contributed by atoms with Crippen molar-refractivity contribution in [3.8, 4) is 17.6 Å². The first-order valence-corrected chi connectivity index (χ1v) is 6.76. The molecule has 0 heterocycles. The van der Waals surface area contributed by atoms with Gasteiger partial charge in [-0.3, -0.25) is 0 Å². The Bertz CT molecular complexity index is 603. The molecular weight excluding hydrogens is 353 g/mol. The Morgan fingerprint density at radius 3 is 2.53 bits per heavy atom. The number of nitriles is 1. The van der Waals surface area contributed by atoms with Gasteiger partial charge in [-0.2, -0.15) is 5.26 Å². The quantitative estimate of drug-likeness (QED) is 0.775. The molecule has 0 aliphatic carbocycles. The molecule has 0 aliphatic rings. The number of hydrogen-bond acceptors (Lipinski definition) is 3. The fourth-order valence-electron chi connectivity index (χ4n) is 1.60. The van der Waals surface area contributed by atoms with E-state index in [0.717, 1.165) is 14.9 Å². The maximum absolute atomic E-state index is 9.06. The summed E-state index contributed by atoms with van der Waals surface area (Å²) in [6.45, 7) is 0.430. The molecule has 0 bridgehead atoms. The van der Waals surface area contributed by atoms with Crippen molar-refractivity contribution in [2.75, 3.05) is 7.11 Å². The largest absolute Gasteiger partial charge is 0.497 e. The Balaban J connectivity index is 2.08. The smallest absolute Gasteiger partial charge is 0.137 e. The lowest BCUT2D eigenvalue weighted by Crippen LogP contribution is -1.97. The lowest BCUT2D eigenvalue weighted by molar-refractivity contribution is 0.305. The number of ether oxygens (including phenoxy) is 2. The second-order valence-corrected chi connectivity index (χ2v) is 5.13. The van der Waals surface area contributed by atoms with E-state index in [-0.39, 0.29) is 0 Å². The molecular formula is C15H12INO2. The van der Waals surface area contributed by atoms with Crippen molar-refractivity contribution in [1.29, 1.82) is 5.26 Å². The normalized spacial score (nSPS) is 9.74. The van der Waals surface area contributed by atoms with Gasteiger partial charge in [0.25, 0.3) is 0 Å². The molecule has 0 fully saturated rings. The summed E-state index contributed by atoms with van der Waals surface area (Å²) < 4.78 is 11.8. The molecule has 2 aromatic carbocycles. The third kappa shape index (κ3) is 3.61. The number of rotatable bonds is 4. The van der Waals surface area contributed by atoms with Crippen LogP contribution in [0.4, 0.5) is 0 Å². The van der Waals surface area contributed by atoms with Gasteiger partial charge < -0.3 is 9.47 Å². The summed E-state index contributed by atoms with van der Waals surface area (Å²) >= 11 is 2.17. The van der Waals surface area contributed by atoms with Crippen LogP contribution in [0.3, 0.4) is 0 Å². The van der Waals surface area contributed by atoms with Crippen molar-refractivity contribution in [3.05, 3.63) is 57.2 Å². The molecule has 2 aromatic rings. The van der Waals surface area contributed by atoms with E-state index in [9.17, 15) is 0 Å². The van der Waals surface area contributed by atoms with Crippen molar-refractivity contribution in [3.63, 3.8) is 0 Å². The predicted octanol–water partition coefficient (Wildman–Crippen LogP) is 3.75. The minimum absolute atomic E-state index is 0.430. The van der Waals surface area contributed by atoms with Crippen LogP contribution < -0.4 is 9.47 Å². The highest BCUT2D eigenvalue weighted by Gasteiger charge is 2.04. The van der Waals surface area contributed by atoms with E-state index in [0.29, 0.717) is 17.9 Å². The molecule has 96 valence electrons. The molecule has 4 heteroatoms. The fourth-order valence-corrected chi connectivity index (χ4v) is 2.09.